The first-order chi connectivity index (χ1) is 12.9. The number of hydrogen-bond donors (Lipinski definition) is 3. The largest absolute Gasteiger partial charge is 0.473 e. The molecular formula is C20H21F2NO4. The van der Waals surface area contributed by atoms with Gasteiger partial charge in [0.15, 0.2) is 0 Å². The summed E-state index contributed by atoms with van der Waals surface area (Å²) in [4.78, 5) is 18.2. The van der Waals surface area contributed by atoms with Gasteiger partial charge in [0.05, 0.1) is 0 Å². The second-order valence-electron chi connectivity index (χ2n) is 6.28. The van der Waals surface area contributed by atoms with Gasteiger partial charge in [-0.2, -0.15) is 0 Å². The highest BCUT2D eigenvalue weighted by Gasteiger charge is 2.26. The van der Waals surface area contributed by atoms with Gasteiger partial charge in [-0.05, 0) is 67.2 Å². The van der Waals surface area contributed by atoms with Gasteiger partial charge in [-0.3, -0.25) is 0 Å². The van der Waals surface area contributed by atoms with Crippen LogP contribution in [0.15, 0.2) is 48.5 Å². The van der Waals surface area contributed by atoms with Crippen LogP contribution in [0.2, 0.25) is 0 Å². The summed E-state index contributed by atoms with van der Waals surface area (Å²) >= 11 is 0. The van der Waals surface area contributed by atoms with Gasteiger partial charge in [0.2, 0.25) is 0 Å². The number of carboxylic acids is 2. The van der Waals surface area contributed by atoms with E-state index < -0.39 is 11.9 Å². The van der Waals surface area contributed by atoms with Crippen molar-refractivity contribution >= 4 is 11.9 Å². The molecule has 0 aromatic heterocycles. The molecule has 3 rings (SSSR count). The molecule has 1 fully saturated rings. The van der Waals surface area contributed by atoms with Crippen molar-refractivity contribution in [3.63, 3.8) is 0 Å². The zero-order valence-electron chi connectivity index (χ0n) is 14.6. The first kappa shape index (κ1) is 20.5. The quantitative estimate of drug-likeness (QED) is 0.715. The Kier molecular flexibility index (Phi) is 7.43. The van der Waals surface area contributed by atoms with Gasteiger partial charge in [0.1, 0.15) is 11.6 Å². The molecular weight excluding hydrogens is 356 g/mol. The minimum Gasteiger partial charge on any atom is -0.473 e. The van der Waals surface area contributed by atoms with E-state index in [0.717, 1.165) is 37.1 Å². The second kappa shape index (κ2) is 9.78. The summed E-state index contributed by atoms with van der Waals surface area (Å²) < 4.78 is 26.4. The minimum absolute atomic E-state index is 0.202. The number of nitrogens with one attached hydrogen (secondary N) is 1. The molecule has 0 unspecified atom stereocenters. The highest BCUT2D eigenvalue weighted by molar-refractivity contribution is 6.27. The van der Waals surface area contributed by atoms with E-state index in [2.05, 4.69) is 5.32 Å². The van der Waals surface area contributed by atoms with Crippen LogP contribution < -0.4 is 5.32 Å². The van der Waals surface area contributed by atoms with E-state index in [0.29, 0.717) is 5.92 Å². The highest BCUT2D eigenvalue weighted by Crippen LogP contribution is 2.36. The van der Waals surface area contributed by atoms with Gasteiger partial charge in [0.25, 0.3) is 0 Å². The maximum Gasteiger partial charge on any atom is 0.414 e. The normalized spacial score (nSPS) is 14.3. The monoisotopic (exact) mass is 377 g/mol. The Bertz CT molecular complexity index is 699. The van der Waals surface area contributed by atoms with Crippen LogP contribution in [0.25, 0.3) is 0 Å². The van der Waals surface area contributed by atoms with E-state index in [1.54, 1.807) is 0 Å². The van der Waals surface area contributed by atoms with E-state index in [9.17, 15) is 8.78 Å². The van der Waals surface area contributed by atoms with Crippen molar-refractivity contribution in [2.75, 3.05) is 13.1 Å². The molecule has 7 heteroatoms. The van der Waals surface area contributed by atoms with Crippen molar-refractivity contribution in [2.24, 2.45) is 5.92 Å². The van der Waals surface area contributed by atoms with Gasteiger partial charge in [-0.1, -0.05) is 24.3 Å². The number of halogens is 2. The number of piperidine rings is 1. The molecule has 1 aliphatic rings. The predicted molar refractivity (Wildman–Crippen MR) is 95.5 cm³/mol. The molecule has 3 N–H and O–H groups in total. The molecule has 144 valence electrons. The van der Waals surface area contributed by atoms with Crippen molar-refractivity contribution < 1.29 is 28.6 Å². The average molecular weight is 377 g/mol. The van der Waals surface area contributed by atoms with Crippen LogP contribution in [0.1, 0.15) is 29.9 Å². The van der Waals surface area contributed by atoms with Gasteiger partial charge in [0, 0.05) is 5.92 Å². The molecule has 1 aliphatic heterocycles. The lowest BCUT2D eigenvalue weighted by molar-refractivity contribution is -0.159. The van der Waals surface area contributed by atoms with E-state index in [-0.39, 0.29) is 17.6 Å². The van der Waals surface area contributed by atoms with Crippen LogP contribution in [0.3, 0.4) is 0 Å². The van der Waals surface area contributed by atoms with Crippen LogP contribution in [-0.2, 0) is 9.59 Å². The molecule has 5 nitrogen and oxygen atoms in total. The lowest BCUT2D eigenvalue weighted by Crippen LogP contribution is -2.31. The Hall–Kier alpha value is -2.80. The van der Waals surface area contributed by atoms with Crippen molar-refractivity contribution in [1.29, 1.82) is 0 Å². The molecule has 0 amide bonds. The average Bonchev–Trinajstić information content (AvgIpc) is 2.66. The molecule has 2 aromatic rings. The Morgan fingerprint density at radius 2 is 1.19 bits per heavy atom. The van der Waals surface area contributed by atoms with Crippen LogP contribution >= 0.6 is 0 Å². The highest BCUT2D eigenvalue weighted by atomic mass is 19.1. The van der Waals surface area contributed by atoms with E-state index in [1.807, 2.05) is 24.3 Å². The third-order valence-electron chi connectivity index (χ3n) is 4.50. The number of carboxylic acid groups (broad SMARTS) is 2. The molecule has 0 atom stereocenters. The van der Waals surface area contributed by atoms with Crippen LogP contribution in [0.4, 0.5) is 8.78 Å². The maximum atomic E-state index is 13.2. The topological polar surface area (TPSA) is 86.6 Å². The fourth-order valence-corrected chi connectivity index (χ4v) is 3.25. The van der Waals surface area contributed by atoms with Crippen molar-refractivity contribution in [2.45, 2.75) is 18.8 Å². The maximum absolute atomic E-state index is 13.2. The third-order valence-corrected chi connectivity index (χ3v) is 4.50. The summed E-state index contributed by atoms with van der Waals surface area (Å²) in [5.41, 5.74) is 2.21. The zero-order chi connectivity index (χ0) is 19.8. The number of hydrogen-bond acceptors (Lipinski definition) is 3. The third kappa shape index (κ3) is 6.14. The molecule has 0 radical (unpaired) electrons. The zero-order valence-corrected chi connectivity index (χ0v) is 14.6. The van der Waals surface area contributed by atoms with E-state index >= 15 is 0 Å². The Balaban J connectivity index is 0.000000380. The number of rotatable bonds is 3. The molecule has 0 spiro atoms. The summed E-state index contributed by atoms with van der Waals surface area (Å²) in [6.45, 7) is 2.01. The minimum atomic E-state index is -1.82. The Morgan fingerprint density at radius 1 is 0.815 bits per heavy atom. The number of aliphatic carboxylic acids is 2. The molecule has 27 heavy (non-hydrogen) atoms. The molecule has 1 saturated heterocycles. The molecule has 2 aromatic carbocycles. The summed E-state index contributed by atoms with van der Waals surface area (Å²) in [5.74, 6) is -3.38. The van der Waals surface area contributed by atoms with Gasteiger partial charge in [-0.25, -0.2) is 18.4 Å². The summed E-state index contributed by atoms with van der Waals surface area (Å²) in [5, 5.41) is 18.2. The van der Waals surface area contributed by atoms with Crippen molar-refractivity contribution in [3.8, 4) is 0 Å². The molecule has 1 heterocycles. The molecule has 0 saturated carbocycles. The fourth-order valence-electron chi connectivity index (χ4n) is 3.25. The van der Waals surface area contributed by atoms with Crippen molar-refractivity contribution in [3.05, 3.63) is 71.3 Å². The van der Waals surface area contributed by atoms with Crippen molar-refractivity contribution in [1.82, 2.24) is 5.32 Å². The van der Waals surface area contributed by atoms with Crippen LogP contribution in [-0.4, -0.2) is 35.2 Å². The smallest absolute Gasteiger partial charge is 0.414 e. The van der Waals surface area contributed by atoms with Crippen LogP contribution in [0, 0.1) is 17.6 Å². The standard InChI is InChI=1S/C18H19F2N.C2H2O4/c19-16-5-1-13(2-6-16)18(15-9-11-21-12-10-15)14-3-7-17(20)8-4-14;3-1(4)2(5)6/h1-8,15,18,21H,9-12H2;(H,3,4)(H,5,6). The van der Waals surface area contributed by atoms with Crippen LogP contribution in [0.5, 0.6) is 0 Å². The Labute approximate surface area is 155 Å². The first-order valence-corrected chi connectivity index (χ1v) is 8.56. The number of benzene rings is 2. The lowest BCUT2D eigenvalue weighted by atomic mass is 9.76. The Morgan fingerprint density at radius 3 is 1.52 bits per heavy atom. The second-order valence-corrected chi connectivity index (χ2v) is 6.28. The summed E-state index contributed by atoms with van der Waals surface area (Å²) in [7, 11) is 0. The first-order valence-electron chi connectivity index (χ1n) is 8.56. The summed E-state index contributed by atoms with van der Waals surface area (Å²) in [6.07, 6.45) is 2.17. The number of carbonyl (C=O) groups is 2. The summed E-state index contributed by atoms with van der Waals surface area (Å²) in [6, 6.07) is 13.4. The molecule has 0 bridgehead atoms. The van der Waals surface area contributed by atoms with Gasteiger partial charge < -0.3 is 15.5 Å². The van der Waals surface area contributed by atoms with E-state index in [4.69, 9.17) is 19.8 Å². The van der Waals surface area contributed by atoms with E-state index in [1.165, 1.54) is 24.3 Å². The molecule has 0 aliphatic carbocycles. The lowest BCUT2D eigenvalue weighted by Gasteiger charge is -2.31. The fraction of sp³-hybridized carbons (Fsp3) is 0.300. The SMILES string of the molecule is Fc1ccc(C(c2ccc(F)cc2)C2CCNCC2)cc1.O=C(O)C(=O)O. The van der Waals surface area contributed by atoms with Gasteiger partial charge in [-0.15, -0.1) is 0 Å². The van der Waals surface area contributed by atoms with Gasteiger partial charge >= 0.3 is 11.9 Å². The predicted octanol–water partition coefficient (Wildman–Crippen LogP) is 3.25.